The molecule has 0 radical (unpaired) electrons. The minimum Gasteiger partial charge on any atom is -0.368 e. The maximum absolute atomic E-state index is 11.4. The molecular weight excluding hydrogens is 214 g/mol. The summed E-state index contributed by atoms with van der Waals surface area (Å²) in [6.45, 7) is 4.43. The normalized spacial score (nSPS) is 31.5. The smallest absolute Gasteiger partial charge is 0.237 e. The Labute approximate surface area is 105 Å². The molecule has 4 nitrogen and oxygen atoms in total. The van der Waals surface area contributed by atoms with Crippen molar-refractivity contribution in [3.8, 4) is 0 Å². The van der Waals surface area contributed by atoms with Crippen LogP contribution in [0.1, 0.15) is 52.4 Å². The largest absolute Gasteiger partial charge is 0.368 e. The lowest BCUT2D eigenvalue weighted by Crippen LogP contribution is -2.58. The number of carbonyl (C=O) groups excluding carboxylic acids is 1. The molecule has 3 unspecified atom stereocenters. The molecule has 0 aromatic heterocycles. The van der Waals surface area contributed by atoms with Crippen molar-refractivity contribution >= 4 is 5.91 Å². The summed E-state index contributed by atoms with van der Waals surface area (Å²) in [4.78, 5) is 13.8. The van der Waals surface area contributed by atoms with E-state index in [1.165, 1.54) is 12.8 Å². The predicted molar refractivity (Wildman–Crippen MR) is 70.5 cm³/mol. The Morgan fingerprint density at radius 2 is 2.24 bits per heavy atom. The highest BCUT2D eigenvalue weighted by Crippen LogP contribution is 2.30. The highest BCUT2D eigenvalue weighted by atomic mass is 16.1. The monoisotopic (exact) mass is 241 g/mol. The lowest BCUT2D eigenvalue weighted by molar-refractivity contribution is -0.125. The van der Waals surface area contributed by atoms with Crippen LogP contribution in [0.5, 0.6) is 0 Å². The fourth-order valence-electron chi connectivity index (χ4n) is 2.83. The lowest BCUT2D eigenvalue weighted by atomic mass is 9.78. The third-order valence-electron chi connectivity index (χ3n) is 4.23. The van der Waals surface area contributed by atoms with Crippen LogP contribution in [-0.2, 0) is 4.79 Å². The SMILES string of the molecule is CCCC(C)N(C)C1CCCC(N)(C(N)=O)C1. The highest BCUT2D eigenvalue weighted by Gasteiger charge is 2.39. The van der Waals surface area contributed by atoms with Gasteiger partial charge in [-0.2, -0.15) is 0 Å². The highest BCUT2D eigenvalue weighted by molar-refractivity contribution is 5.84. The van der Waals surface area contributed by atoms with Crippen LogP contribution in [0.25, 0.3) is 0 Å². The molecule has 4 N–H and O–H groups in total. The zero-order chi connectivity index (χ0) is 13.1. The van der Waals surface area contributed by atoms with Crippen molar-refractivity contribution in [2.45, 2.75) is 70.0 Å². The summed E-state index contributed by atoms with van der Waals surface area (Å²) in [6, 6.07) is 0.933. The van der Waals surface area contributed by atoms with Gasteiger partial charge >= 0.3 is 0 Å². The van der Waals surface area contributed by atoms with Gasteiger partial charge in [-0.05, 0) is 46.1 Å². The summed E-state index contributed by atoms with van der Waals surface area (Å²) in [6.07, 6.45) is 5.91. The lowest BCUT2D eigenvalue weighted by Gasteiger charge is -2.42. The summed E-state index contributed by atoms with van der Waals surface area (Å²) in [7, 11) is 2.14. The Hall–Kier alpha value is -0.610. The van der Waals surface area contributed by atoms with Crippen LogP contribution in [0, 0.1) is 0 Å². The maximum atomic E-state index is 11.4. The fourth-order valence-corrected chi connectivity index (χ4v) is 2.83. The van der Waals surface area contributed by atoms with E-state index in [-0.39, 0.29) is 5.91 Å². The summed E-state index contributed by atoms with van der Waals surface area (Å²) >= 11 is 0. The van der Waals surface area contributed by atoms with E-state index in [0.717, 1.165) is 19.3 Å². The van der Waals surface area contributed by atoms with E-state index in [0.29, 0.717) is 18.5 Å². The van der Waals surface area contributed by atoms with E-state index in [4.69, 9.17) is 11.5 Å². The molecule has 1 rings (SSSR count). The van der Waals surface area contributed by atoms with Gasteiger partial charge in [0.1, 0.15) is 0 Å². The van der Waals surface area contributed by atoms with Crippen LogP contribution < -0.4 is 11.5 Å². The number of primary amides is 1. The van der Waals surface area contributed by atoms with Crippen LogP contribution >= 0.6 is 0 Å². The van der Waals surface area contributed by atoms with Gasteiger partial charge in [0.2, 0.25) is 5.91 Å². The summed E-state index contributed by atoms with van der Waals surface area (Å²) in [5, 5.41) is 0. The van der Waals surface area contributed by atoms with Crippen molar-refractivity contribution in [2.75, 3.05) is 7.05 Å². The molecule has 1 aliphatic carbocycles. The van der Waals surface area contributed by atoms with Crippen molar-refractivity contribution in [3.63, 3.8) is 0 Å². The van der Waals surface area contributed by atoms with E-state index >= 15 is 0 Å². The molecule has 1 amide bonds. The number of nitrogens with zero attached hydrogens (tertiary/aromatic N) is 1. The van der Waals surface area contributed by atoms with Crippen molar-refractivity contribution in [2.24, 2.45) is 11.5 Å². The third kappa shape index (κ3) is 3.42. The molecule has 4 heteroatoms. The van der Waals surface area contributed by atoms with Crippen molar-refractivity contribution < 1.29 is 4.79 Å². The van der Waals surface area contributed by atoms with Gasteiger partial charge in [0, 0.05) is 12.1 Å². The number of carbonyl (C=O) groups is 1. The number of hydrogen-bond donors (Lipinski definition) is 2. The maximum Gasteiger partial charge on any atom is 0.237 e. The minimum atomic E-state index is -0.789. The molecule has 3 atom stereocenters. The van der Waals surface area contributed by atoms with E-state index < -0.39 is 5.54 Å². The molecule has 1 aliphatic rings. The number of nitrogens with two attached hydrogens (primary N) is 2. The fraction of sp³-hybridized carbons (Fsp3) is 0.923. The Morgan fingerprint density at radius 3 is 2.76 bits per heavy atom. The van der Waals surface area contributed by atoms with Crippen LogP contribution in [-0.4, -0.2) is 35.5 Å². The first-order valence-electron chi connectivity index (χ1n) is 6.71. The van der Waals surface area contributed by atoms with Gasteiger partial charge in [0.15, 0.2) is 0 Å². The van der Waals surface area contributed by atoms with Gasteiger partial charge in [-0.25, -0.2) is 0 Å². The van der Waals surface area contributed by atoms with Gasteiger partial charge in [0.25, 0.3) is 0 Å². The average Bonchev–Trinajstić information content (AvgIpc) is 2.28. The van der Waals surface area contributed by atoms with Crippen LogP contribution in [0.3, 0.4) is 0 Å². The predicted octanol–water partition coefficient (Wildman–Crippen LogP) is 1.23. The second-order valence-electron chi connectivity index (χ2n) is 5.57. The molecule has 0 aromatic rings. The number of hydrogen-bond acceptors (Lipinski definition) is 3. The van der Waals surface area contributed by atoms with Crippen LogP contribution in [0.15, 0.2) is 0 Å². The molecule has 0 saturated heterocycles. The summed E-state index contributed by atoms with van der Waals surface area (Å²) < 4.78 is 0. The zero-order valence-electron chi connectivity index (χ0n) is 11.4. The Bertz CT molecular complexity index is 269. The second kappa shape index (κ2) is 5.83. The quantitative estimate of drug-likeness (QED) is 0.760. The molecule has 1 fully saturated rings. The molecule has 0 aliphatic heterocycles. The third-order valence-corrected chi connectivity index (χ3v) is 4.23. The van der Waals surface area contributed by atoms with Gasteiger partial charge < -0.3 is 16.4 Å². The van der Waals surface area contributed by atoms with Crippen molar-refractivity contribution in [1.82, 2.24) is 4.90 Å². The minimum absolute atomic E-state index is 0.348. The molecule has 0 spiro atoms. The number of rotatable bonds is 5. The van der Waals surface area contributed by atoms with Crippen molar-refractivity contribution in [3.05, 3.63) is 0 Å². The molecular formula is C13H27N3O. The Balaban J connectivity index is 2.63. The standard InChI is InChI=1S/C13H27N3O/c1-4-6-10(2)16(3)11-7-5-8-13(15,9-11)12(14)17/h10-11H,4-9,15H2,1-3H3,(H2,14,17). The first-order valence-corrected chi connectivity index (χ1v) is 6.71. The second-order valence-corrected chi connectivity index (χ2v) is 5.57. The van der Waals surface area contributed by atoms with E-state index in [2.05, 4.69) is 25.8 Å². The van der Waals surface area contributed by atoms with E-state index in [1.807, 2.05) is 0 Å². The molecule has 0 bridgehead atoms. The van der Waals surface area contributed by atoms with Crippen LogP contribution in [0.4, 0.5) is 0 Å². The summed E-state index contributed by atoms with van der Waals surface area (Å²) in [5.74, 6) is -0.348. The van der Waals surface area contributed by atoms with Crippen molar-refractivity contribution in [1.29, 1.82) is 0 Å². The average molecular weight is 241 g/mol. The summed E-state index contributed by atoms with van der Waals surface area (Å²) in [5.41, 5.74) is 10.7. The molecule has 0 heterocycles. The van der Waals surface area contributed by atoms with E-state index in [9.17, 15) is 4.79 Å². The van der Waals surface area contributed by atoms with Crippen LogP contribution in [0.2, 0.25) is 0 Å². The van der Waals surface area contributed by atoms with Gasteiger partial charge in [-0.3, -0.25) is 4.79 Å². The molecule has 100 valence electrons. The Kier molecular flexibility index (Phi) is 4.95. The number of amides is 1. The zero-order valence-corrected chi connectivity index (χ0v) is 11.4. The molecule has 0 aromatic carbocycles. The molecule has 17 heavy (non-hydrogen) atoms. The van der Waals surface area contributed by atoms with Gasteiger partial charge in [0.05, 0.1) is 5.54 Å². The van der Waals surface area contributed by atoms with Gasteiger partial charge in [-0.15, -0.1) is 0 Å². The topological polar surface area (TPSA) is 72.3 Å². The van der Waals surface area contributed by atoms with E-state index in [1.54, 1.807) is 0 Å². The first kappa shape index (κ1) is 14.5. The van der Waals surface area contributed by atoms with Gasteiger partial charge in [-0.1, -0.05) is 13.3 Å². The molecule has 1 saturated carbocycles. The first-order chi connectivity index (χ1) is 7.90. The Morgan fingerprint density at radius 1 is 1.59 bits per heavy atom.